The summed E-state index contributed by atoms with van der Waals surface area (Å²) in [4.78, 5) is 35.8. The van der Waals surface area contributed by atoms with E-state index in [1.807, 2.05) is 0 Å². The monoisotopic (exact) mass is 311 g/mol. The number of ketones is 1. The van der Waals surface area contributed by atoms with Crippen molar-refractivity contribution in [2.75, 3.05) is 0 Å². The number of carbonyl (C=O) groups excluding carboxylic acids is 2. The molecule has 0 aromatic heterocycles. The van der Waals surface area contributed by atoms with Gasteiger partial charge in [0.05, 0.1) is 12.0 Å². The molecule has 0 bridgehead atoms. The van der Waals surface area contributed by atoms with Crippen LogP contribution in [0.3, 0.4) is 0 Å². The molecular weight excluding hydrogens is 286 g/mol. The quantitative estimate of drug-likeness (QED) is 0.834. The molecule has 0 radical (unpaired) electrons. The van der Waals surface area contributed by atoms with Gasteiger partial charge in [0.2, 0.25) is 0 Å². The van der Waals surface area contributed by atoms with E-state index >= 15 is 0 Å². The molecule has 0 aromatic rings. The Morgan fingerprint density at radius 2 is 1.82 bits per heavy atom. The van der Waals surface area contributed by atoms with Crippen LogP contribution in [-0.2, 0) is 14.3 Å². The Balaban J connectivity index is 2.09. The van der Waals surface area contributed by atoms with Crippen LogP contribution in [0.1, 0.15) is 52.9 Å². The molecule has 22 heavy (non-hydrogen) atoms. The predicted octanol–water partition coefficient (Wildman–Crippen LogP) is 2.36. The Hall–Kier alpha value is -1.59. The van der Waals surface area contributed by atoms with E-state index in [2.05, 4.69) is 5.32 Å². The highest BCUT2D eigenvalue weighted by Gasteiger charge is 2.51. The molecule has 1 amide bonds. The van der Waals surface area contributed by atoms with Gasteiger partial charge in [-0.3, -0.25) is 9.59 Å². The average Bonchev–Trinajstić information content (AvgIpc) is 2.93. The second-order valence-corrected chi connectivity index (χ2v) is 7.36. The van der Waals surface area contributed by atoms with Crippen LogP contribution in [0.15, 0.2) is 0 Å². The molecule has 0 saturated heterocycles. The Labute approximate surface area is 130 Å². The van der Waals surface area contributed by atoms with E-state index in [-0.39, 0.29) is 18.1 Å². The smallest absolute Gasteiger partial charge is 0.407 e. The van der Waals surface area contributed by atoms with Crippen LogP contribution < -0.4 is 5.32 Å². The van der Waals surface area contributed by atoms with Gasteiger partial charge in [0.25, 0.3) is 0 Å². The maximum absolute atomic E-state index is 12.3. The standard InChI is InChI=1S/C16H25NO5/c1-16(2,3)22-15(21)17-10-8-11(18)12(13(10)14(19)20)9-6-4-5-7-9/h9-10,12-13H,4-8H2,1-3H3,(H,17,21)(H,19,20)/t10-,12?,13?/m0/s1. The minimum atomic E-state index is -1.01. The fourth-order valence-electron chi connectivity index (χ4n) is 3.73. The number of carboxylic acids is 1. The molecule has 2 unspecified atom stereocenters. The summed E-state index contributed by atoms with van der Waals surface area (Å²) in [6.07, 6.45) is 3.31. The number of aliphatic carboxylic acids is 1. The molecule has 0 aromatic carbocycles. The average molecular weight is 311 g/mol. The van der Waals surface area contributed by atoms with Gasteiger partial charge in [-0.2, -0.15) is 0 Å². The molecule has 6 nitrogen and oxygen atoms in total. The van der Waals surface area contributed by atoms with Crippen molar-refractivity contribution in [3.63, 3.8) is 0 Å². The molecule has 2 aliphatic rings. The van der Waals surface area contributed by atoms with Crippen LogP contribution in [0.25, 0.3) is 0 Å². The summed E-state index contributed by atoms with van der Waals surface area (Å²) in [5.41, 5.74) is -0.656. The molecule has 6 heteroatoms. The third-order valence-electron chi connectivity index (χ3n) is 4.51. The minimum absolute atomic E-state index is 0.0413. The van der Waals surface area contributed by atoms with Gasteiger partial charge in [-0.25, -0.2) is 4.79 Å². The summed E-state index contributed by atoms with van der Waals surface area (Å²) in [6, 6.07) is -0.676. The van der Waals surface area contributed by atoms with E-state index in [9.17, 15) is 19.5 Å². The first-order valence-corrected chi connectivity index (χ1v) is 7.94. The Bertz CT molecular complexity index is 462. The summed E-state index contributed by atoms with van der Waals surface area (Å²) >= 11 is 0. The van der Waals surface area contributed by atoms with Gasteiger partial charge in [-0.15, -0.1) is 0 Å². The number of hydrogen-bond donors (Lipinski definition) is 2. The third kappa shape index (κ3) is 3.78. The van der Waals surface area contributed by atoms with Gasteiger partial charge in [-0.05, 0) is 39.5 Å². The Kier molecular flexibility index (Phi) is 4.78. The lowest BCUT2D eigenvalue weighted by Crippen LogP contribution is -2.44. The first-order chi connectivity index (χ1) is 10.2. The highest BCUT2D eigenvalue weighted by molar-refractivity contribution is 5.92. The van der Waals surface area contributed by atoms with Crippen molar-refractivity contribution in [3.8, 4) is 0 Å². The first kappa shape index (κ1) is 16.8. The lowest BCUT2D eigenvalue weighted by Gasteiger charge is -2.26. The van der Waals surface area contributed by atoms with Crippen LogP contribution in [0.4, 0.5) is 4.79 Å². The molecule has 0 aliphatic heterocycles. The van der Waals surface area contributed by atoms with Crippen molar-refractivity contribution in [2.24, 2.45) is 17.8 Å². The summed E-state index contributed by atoms with van der Waals surface area (Å²) in [7, 11) is 0. The SMILES string of the molecule is CC(C)(C)OC(=O)N[C@H]1CC(=O)C(C2CCCC2)C1C(=O)O. The highest BCUT2D eigenvalue weighted by atomic mass is 16.6. The van der Waals surface area contributed by atoms with E-state index < -0.39 is 35.5 Å². The highest BCUT2D eigenvalue weighted by Crippen LogP contribution is 2.42. The van der Waals surface area contributed by atoms with Crippen molar-refractivity contribution in [3.05, 3.63) is 0 Å². The van der Waals surface area contributed by atoms with Crippen molar-refractivity contribution >= 4 is 17.8 Å². The number of ether oxygens (including phenoxy) is 1. The molecule has 0 heterocycles. The fraction of sp³-hybridized carbons (Fsp3) is 0.812. The van der Waals surface area contributed by atoms with Crippen LogP contribution >= 0.6 is 0 Å². The number of Topliss-reactive ketones (excluding diaryl/α,β-unsaturated/α-hetero) is 1. The van der Waals surface area contributed by atoms with Crippen LogP contribution in [-0.4, -0.2) is 34.6 Å². The predicted molar refractivity (Wildman–Crippen MR) is 79.4 cm³/mol. The van der Waals surface area contributed by atoms with Crippen LogP contribution in [0, 0.1) is 17.8 Å². The maximum atomic E-state index is 12.3. The van der Waals surface area contributed by atoms with Crippen LogP contribution in [0.2, 0.25) is 0 Å². The second-order valence-electron chi connectivity index (χ2n) is 7.36. The lowest BCUT2D eigenvalue weighted by molar-refractivity contribution is -0.146. The van der Waals surface area contributed by atoms with E-state index in [1.54, 1.807) is 20.8 Å². The third-order valence-corrected chi connectivity index (χ3v) is 4.51. The van der Waals surface area contributed by atoms with Gasteiger partial charge in [0.1, 0.15) is 11.4 Å². The van der Waals surface area contributed by atoms with Crippen molar-refractivity contribution in [1.82, 2.24) is 5.32 Å². The molecule has 124 valence electrons. The summed E-state index contributed by atoms with van der Waals surface area (Å²) in [5, 5.41) is 12.1. The second kappa shape index (κ2) is 6.26. The Morgan fingerprint density at radius 1 is 1.23 bits per heavy atom. The number of carbonyl (C=O) groups is 3. The fourth-order valence-corrected chi connectivity index (χ4v) is 3.73. The zero-order valence-corrected chi connectivity index (χ0v) is 13.4. The van der Waals surface area contributed by atoms with E-state index in [4.69, 9.17) is 4.74 Å². The number of carboxylic acid groups (broad SMARTS) is 1. The molecule has 2 saturated carbocycles. The molecule has 2 aliphatic carbocycles. The number of nitrogens with one attached hydrogen (secondary N) is 1. The van der Waals surface area contributed by atoms with Crippen molar-refractivity contribution in [2.45, 2.75) is 64.5 Å². The number of amides is 1. The van der Waals surface area contributed by atoms with Gasteiger partial charge in [0, 0.05) is 12.3 Å². The van der Waals surface area contributed by atoms with E-state index in [1.165, 1.54) is 0 Å². The van der Waals surface area contributed by atoms with E-state index in [0.717, 1.165) is 25.7 Å². The topological polar surface area (TPSA) is 92.7 Å². The van der Waals surface area contributed by atoms with Gasteiger partial charge in [-0.1, -0.05) is 12.8 Å². The number of alkyl carbamates (subject to hydrolysis) is 1. The van der Waals surface area contributed by atoms with Gasteiger partial charge >= 0.3 is 12.1 Å². The molecule has 3 atom stereocenters. The van der Waals surface area contributed by atoms with Crippen LogP contribution in [0.5, 0.6) is 0 Å². The maximum Gasteiger partial charge on any atom is 0.407 e. The summed E-state index contributed by atoms with van der Waals surface area (Å²) in [5.74, 6) is -2.23. The molecular formula is C16H25NO5. The first-order valence-electron chi connectivity index (χ1n) is 7.94. The van der Waals surface area contributed by atoms with Gasteiger partial charge in [0.15, 0.2) is 0 Å². The summed E-state index contributed by atoms with van der Waals surface area (Å²) < 4.78 is 5.17. The molecule has 2 rings (SSSR count). The summed E-state index contributed by atoms with van der Waals surface area (Å²) in [6.45, 7) is 5.22. The molecule has 2 N–H and O–H groups in total. The lowest BCUT2D eigenvalue weighted by atomic mass is 9.81. The van der Waals surface area contributed by atoms with Crippen molar-refractivity contribution < 1.29 is 24.2 Å². The Morgan fingerprint density at radius 3 is 2.32 bits per heavy atom. The number of rotatable bonds is 3. The van der Waals surface area contributed by atoms with E-state index in [0.29, 0.717) is 0 Å². The number of hydrogen-bond acceptors (Lipinski definition) is 4. The minimum Gasteiger partial charge on any atom is -0.481 e. The molecule has 0 spiro atoms. The largest absolute Gasteiger partial charge is 0.481 e. The molecule has 2 fully saturated rings. The normalized spacial score (nSPS) is 29.6. The van der Waals surface area contributed by atoms with Gasteiger partial charge < -0.3 is 15.2 Å². The van der Waals surface area contributed by atoms with Crippen molar-refractivity contribution in [1.29, 1.82) is 0 Å². The zero-order chi connectivity index (χ0) is 16.5. The zero-order valence-electron chi connectivity index (χ0n) is 13.4.